The number of hydrogen-bond donors (Lipinski definition) is 0. The predicted molar refractivity (Wildman–Crippen MR) is 54.3 cm³/mol. The molecule has 0 N–H and O–H groups in total. The molecule has 2 rings (SSSR count). The van der Waals surface area contributed by atoms with Crippen molar-refractivity contribution in [2.75, 3.05) is 0 Å². The van der Waals surface area contributed by atoms with Gasteiger partial charge in [-0.3, -0.25) is 9.48 Å². The molecule has 0 aromatic carbocycles. The zero-order valence-electron chi connectivity index (χ0n) is 7.89. The van der Waals surface area contributed by atoms with Crippen LogP contribution in [0.25, 0.3) is 10.6 Å². The topological polar surface area (TPSA) is 47.8 Å². The van der Waals surface area contributed by atoms with Crippen molar-refractivity contribution in [1.82, 2.24) is 14.8 Å². The van der Waals surface area contributed by atoms with Crippen molar-refractivity contribution in [2.45, 2.75) is 6.92 Å². The zero-order valence-corrected chi connectivity index (χ0v) is 8.71. The Hall–Kier alpha value is -1.49. The lowest BCUT2D eigenvalue weighted by molar-refractivity contribution is 0.102. The van der Waals surface area contributed by atoms with E-state index < -0.39 is 0 Å². The standard InChI is InChI=1S/C9H9N3OS/c1-6(13)8-4-10-9(14-8)7-3-11-12(2)5-7/h3-5H,1-2H3. The molecule has 0 bridgehead atoms. The molecule has 72 valence electrons. The van der Waals surface area contributed by atoms with E-state index in [4.69, 9.17) is 0 Å². The number of carbonyl (C=O) groups excluding carboxylic acids is 1. The van der Waals surface area contributed by atoms with E-state index in [1.54, 1.807) is 24.0 Å². The van der Waals surface area contributed by atoms with Gasteiger partial charge in [0.15, 0.2) is 5.78 Å². The van der Waals surface area contributed by atoms with Gasteiger partial charge >= 0.3 is 0 Å². The largest absolute Gasteiger partial charge is 0.294 e. The van der Waals surface area contributed by atoms with Gasteiger partial charge in [0.25, 0.3) is 0 Å². The Morgan fingerprint density at radius 2 is 2.29 bits per heavy atom. The van der Waals surface area contributed by atoms with Gasteiger partial charge in [0.05, 0.1) is 11.1 Å². The summed E-state index contributed by atoms with van der Waals surface area (Å²) in [5.74, 6) is 0.0534. The minimum absolute atomic E-state index is 0.0534. The molecule has 0 unspecified atom stereocenters. The summed E-state index contributed by atoms with van der Waals surface area (Å²) in [6, 6.07) is 0. The van der Waals surface area contributed by atoms with Crippen molar-refractivity contribution < 1.29 is 4.79 Å². The van der Waals surface area contributed by atoms with Gasteiger partial charge in [0, 0.05) is 31.9 Å². The summed E-state index contributed by atoms with van der Waals surface area (Å²) in [6.45, 7) is 1.54. The Bertz CT molecular complexity index is 472. The molecule has 0 saturated carbocycles. The van der Waals surface area contributed by atoms with Gasteiger partial charge in [-0.2, -0.15) is 5.10 Å². The van der Waals surface area contributed by atoms with Crippen LogP contribution in [0.5, 0.6) is 0 Å². The van der Waals surface area contributed by atoms with Crippen LogP contribution in [0.2, 0.25) is 0 Å². The maximum absolute atomic E-state index is 11.0. The summed E-state index contributed by atoms with van der Waals surface area (Å²) < 4.78 is 1.71. The fourth-order valence-electron chi connectivity index (χ4n) is 1.10. The van der Waals surface area contributed by atoms with Gasteiger partial charge in [0.2, 0.25) is 0 Å². The van der Waals surface area contributed by atoms with Crippen LogP contribution in [0.4, 0.5) is 0 Å². The predicted octanol–water partition coefficient (Wildman–Crippen LogP) is 1.75. The van der Waals surface area contributed by atoms with Crippen molar-refractivity contribution >= 4 is 17.1 Å². The number of carbonyl (C=O) groups is 1. The molecule has 5 heteroatoms. The van der Waals surface area contributed by atoms with E-state index in [1.165, 1.54) is 11.3 Å². The smallest absolute Gasteiger partial charge is 0.171 e. The average molecular weight is 207 g/mol. The highest BCUT2D eigenvalue weighted by molar-refractivity contribution is 7.16. The highest BCUT2D eigenvalue weighted by Gasteiger charge is 2.08. The number of aryl methyl sites for hydroxylation is 1. The van der Waals surface area contributed by atoms with Crippen molar-refractivity contribution in [1.29, 1.82) is 0 Å². The number of ketones is 1. The molecular formula is C9H9N3OS. The summed E-state index contributed by atoms with van der Waals surface area (Å²) >= 11 is 1.39. The lowest BCUT2D eigenvalue weighted by Gasteiger charge is -1.86. The second-order valence-electron chi connectivity index (χ2n) is 2.99. The molecule has 0 aliphatic carbocycles. The van der Waals surface area contributed by atoms with Crippen molar-refractivity contribution in [3.8, 4) is 10.6 Å². The van der Waals surface area contributed by atoms with Crippen molar-refractivity contribution in [3.05, 3.63) is 23.5 Å². The third-order valence-electron chi connectivity index (χ3n) is 1.80. The van der Waals surface area contributed by atoms with E-state index >= 15 is 0 Å². The van der Waals surface area contributed by atoms with E-state index in [2.05, 4.69) is 10.1 Å². The second kappa shape index (κ2) is 3.34. The molecule has 14 heavy (non-hydrogen) atoms. The molecule has 2 heterocycles. The van der Waals surface area contributed by atoms with Gasteiger partial charge in [0.1, 0.15) is 5.01 Å². The van der Waals surface area contributed by atoms with E-state index in [0.29, 0.717) is 4.88 Å². The average Bonchev–Trinajstić information content (AvgIpc) is 2.70. The third kappa shape index (κ3) is 1.58. The third-order valence-corrected chi connectivity index (χ3v) is 2.95. The zero-order chi connectivity index (χ0) is 10.1. The van der Waals surface area contributed by atoms with E-state index in [1.807, 2.05) is 13.2 Å². The first-order valence-electron chi connectivity index (χ1n) is 4.12. The van der Waals surface area contributed by atoms with Crippen LogP contribution in [-0.2, 0) is 7.05 Å². The molecule has 0 radical (unpaired) electrons. The van der Waals surface area contributed by atoms with Crippen LogP contribution >= 0.6 is 11.3 Å². The molecule has 4 nitrogen and oxygen atoms in total. The molecule has 2 aromatic rings. The lowest BCUT2D eigenvalue weighted by atomic mass is 10.4. The Kier molecular flexibility index (Phi) is 2.17. The lowest BCUT2D eigenvalue weighted by Crippen LogP contribution is -1.84. The number of aromatic nitrogens is 3. The molecule has 0 fully saturated rings. The monoisotopic (exact) mass is 207 g/mol. The first-order valence-corrected chi connectivity index (χ1v) is 4.94. The number of rotatable bonds is 2. The maximum atomic E-state index is 11.0. The Balaban J connectivity index is 2.38. The van der Waals surface area contributed by atoms with Gasteiger partial charge < -0.3 is 0 Å². The van der Waals surface area contributed by atoms with E-state index in [-0.39, 0.29) is 5.78 Å². The first-order chi connectivity index (χ1) is 6.66. The molecule has 0 saturated heterocycles. The molecule has 0 aliphatic rings. The summed E-state index contributed by atoms with van der Waals surface area (Å²) in [5, 5.41) is 4.88. The number of hydrogen-bond acceptors (Lipinski definition) is 4. The molecule has 0 aliphatic heterocycles. The Labute approximate surface area is 85.2 Å². The van der Waals surface area contributed by atoms with Crippen LogP contribution in [0.3, 0.4) is 0 Å². The molecule has 0 amide bonds. The molecule has 0 atom stereocenters. The van der Waals surface area contributed by atoms with Gasteiger partial charge in [-0.25, -0.2) is 4.98 Å². The summed E-state index contributed by atoms with van der Waals surface area (Å²) in [6.07, 6.45) is 5.22. The maximum Gasteiger partial charge on any atom is 0.171 e. The van der Waals surface area contributed by atoms with Crippen LogP contribution < -0.4 is 0 Å². The van der Waals surface area contributed by atoms with Gasteiger partial charge in [-0.1, -0.05) is 0 Å². The highest BCUT2D eigenvalue weighted by atomic mass is 32.1. The summed E-state index contributed by atoms with van der Waals surface area (Å²) in [4.78, 5) is 15.9. The molecular weight excluding hydrogens is 198 g/mol. The SMILES string of the molecule is CC(=O)c1cnc(-c2cnn(C)c2)s1. The fourth-order valence-corrected chi connectivity index (χ4v) is 1.89. The van der Waals surface area contributed by atoms with Crippen LogP contribution in [0.1, 0.15) is 16.6 Å². The van der Waals surface area contributed by atoms with Crippen molar-refractivity contribution in [3.63, 3.8) is 0 Å². The number of Topliss-reactive ketones (excluding diaryl/α,β-unsaturated/α-hetero) is 1. The summed E-state index contributed by atoms with van der Waals surface area (Å²) in [5.41, 5.74) is 0.949. The van der Waals surface area contributed by atoms with E-state index in [9.17, 15) is 4.79 Å². The molecule has 0 spiro atoms. The normalized spacial score (nSPS) is 10.4. The van der Waals surface area contributed by atoms with Crippen molar-refractivity contribution in [2.24, 2.45) is 7.05 Å². The number of nitrogens with zero attached hydrogens (tertiary/aromatic N) is 3. The van der Waals surface area contributed by atoms with Crippen LogP contribution in [0, 0.1) is 0 Å². The fraction of sp³-hybridized carbons (Fsp3) is 0.222. The quantitative estimate of drug-likeness (QED) is 0.705. The minimum Gasteiger partial charge on any atom is -0.294 e. The molecule has 2 aromatic heterocycles. The summed E-state index contributed by atoms with van der Waals surface area (Å²) in [7, 11) is 1.85. The van der Waals surface area contributed by atoms with E-state index in [0.717, 1.165) is 10.6 Å². The van der Waals surface area contributed by atoms with Crippen LogP contribution in [-0.4, -0.2) is 20.5 Å². The highest BCUT2D eigenvalue weighted by Crippen LogP contribution is 2.24. The Morgan fingerprint density at radius 3 is 2.79 bits per heavy atom. The van der Waals surface area contributed by atoms with Gasteiger partial charge in [-0.15, -0.1) is 11.3 Å². The number of thiazole rings is 1. The van der Waals surface area contributed by atoms with Crippen LogP contribution in [0.15, 0.2) is 18.6 Å². The second-order valence-corrected chi connectivity index (χ2v) is 4.02. The Morgan fingerprint density at radius 1 is 1.50 bits per heavy atom. The van der Waals surface area contributed by atoms with Gasteiger partial charge in [-0.05, 0) is 0 Å². The first kappa shape index (κ1) is 9.08. The minimum atomic E-state index is 0.0534.